The molecule has 3 unspecified atom stereocenters. The average Bonchev–Trinajstić information content (AvgIpc) is 2.89. The zero-order valence-corrected chi connectivity index (χ0v) is 13.4. The Morgan fingerprint density at radius 1 is 1.28 bits per heavy atom. The van der Waals surface area contributed by atoms with Gasteiger partial charge in [0.05, 0.1) is 25.4 Å². The van der Waals surface area contributed by atoms with Crippen molar-refractivity contribution in [3.63, 3.8) is 0 Å². The van der Waals surface area contributed by atoms with Crippen molar-refractivity contribution in [1.29, 1.82) is 0 Å². The number of rotatable bonds is 4. The van der Waals surface area contributed by atoms with Crippen molar-refractivity contribution >= 4 is 5.97 Å². The van der Waals surface area contributed by atoms with E-state index in [1.807, 2.05) is 0 Å². The lowest BCUT2D eigenvalue weighted by atomic mass is 9.86. The van der Waals surface area contributed by atoms with Gasteiger partial charge in [-0.05, 0) is 12.3 Å². The Balaban J connectivity index is 1.77. The van der Waals surface area contributed by atoms with Gasteiger partial charge in [0.2, 0.25) is 0 Å². The van der Waals surface area contributed by atoms with Gasteiger partial charge in [0.1, 0.15) is 24.4 Å². The maximum absolute atomic E-state index is 12.0. The third-order valence-corrected chi connectivity index (χ3v) is 4.75. The fourth-order valence-electron chi connectivity index (χ4n) is 3.28. The molecule has 0 amide bonds. The van der Waals surface area contributed by atoms with Crippen LogP contribution < -0.4 is 0 Å². The van der Waals surface area contributed by atoms with Crippen molar-refractivity contribution in [3.8, 4) is 0 Å². The first kappa shape index (κ1) is 18.5. The monoisotopic (exact) mass is 358 g/mol. The topological polar surface area (TPSA) is 135 Å². The van der Waals surface area contributed by atoms with E-state index in [9.17, 15) is 25.2 Å². The number of aliphatic hydroxyl groups is 4. The fourth-order valence-corrected chi connectivity index (χ4v) is 3.28. The quantitative estimate of drug-likeness (QED) is 0.346. The van der Waals surface area contributed by atoms with Crippen LogP contribution in [0.4, 0.5) is 0 Å². The largest absolute Gasteiger partial charge is 0.434 e. The lowest BCUT2D eigenvalue weighted by Crippen LogP contribution is -2.59. The van der Waals surface area contributed by atoms with Crippen LogP contribution >= 0.6 is 0 Å². The van der Waals surface area contributed by atoms with Gasteiger partial charge in [-0.15, -0.1) is 6.58 Å². The van der Waals surface area contributed by atoms with Crippen molar-refractivity contribution in [2.75, 3.05) is 13.2 Å². The second kappa shape index (κ2) is 7.50. The van der Waals surface area contributed by atoms with Gasteiger partial charge in [0, 0.05) is 5.57 Å². The van der Waals surface area contributed by atoms with Crippen LogP contribution in [0.2, 0.25) is 0 Å². The molecule has 0 aromatic heterocycles. The van der Waals surface area contributed by atoms with Gasteiger partial charge in [0.15, 0.2) is 12.6 Å². The van der Waals surface area contributed by atoms with Gasteiger partial charge in [-0.3, -0.25) is 4.79 Å². The Labute approximate surface area is 144 Å². The minimum absolute atomic E-state index is 0.176. The SMILES string of the molecule is C=CC1CCOC(O[C@@H]2O[C@H](CO)[C@@H](O)[C@H](O)[C@H]2O)C2=COC(=O)C21. The molecule has 0 aromatic rings. The van der Waals surface area contributed by atoms with Crippen LogP contribution in [-0.2, 0) is 23.7 Å². The molecule has 3 aliphatic rings. The van der Waals surface area contributed by atoms with E-state index in [4.69, 9.17) is 18.9 Å². The van der Waals surface area contributed by atoms with Crippen molar-refractivity contribution in [3.05, 3.63) is 24.5 Å². The number of allylic oxidation sites excluding steroid dienone is 1. The van der Waals surface area contributed by atoms with Gasteiger partial charge >= 0.3 is 5.97 Å². The molecule has 2 fully saturated rings. The first-order chi connectivity index (χ1) is 12.0. The summed E-state index contributed by atoms with van der Waals surface area (Å²) in [5.41, 5.74) is 0.435. The molecule has 0 radical (unpaired) electrons. The lowest BCUT2D eigenvalue weighted by Gasteiger charge is -2.40. The molecule has 25 heavy (non-hydrogen) atoms. The molecule has 0 saturated carbocycles. The number of ether oxygens (including phenoxy) is 4. The summed E-state index contributed by atoms with van der Waals surface area (Å²) >= 11 is 0. The van der Waals surface area contributed by atoms with Gasteiger partial charge < -0.3 is 39.4 Å². The Kier molecular flexibility index (Phi) is 5.54. The predicted molar refractivity (Wildman–Crippen MR) is 80.6 cm³/mol. The zero-order chi connectivity index (χ0) is 18.1. The summed E-state index contributed by atoms with van der Waals surface area (Å²) in [7, 11) is 0. The van der Waals surface area contributed by atoms with E-state index in [2.05, 4.69) is 6.58 Å². The minimum atomic E-state index is -1.56. The summed E-state index contributed by atoms with van der Waals surface area (Å²) in [5.74, 6) is -1.22. The molecule has 2 saturated heterocycles. The number of esters is 1. The number of carbonyl (C=O) groups excluding carboxylic acids is 1. The molecule has 0 aromatic carbocycles. The Morgan fingerprint density at radius 3 is 2.72 bits per heavy atom. The molecule has 4 N–H and O–H groups in total. The standard InChI is InChI=1S/C16H22O9/c1-2-7-3-4-22-15(8-6-23-14(21)10(7)8)25-16-13(20)12(19)11(18)9(5-17)24-16/h2,6-7,9-13,15-20H,1,3-5H2/t7?,9-,10?,11-,12+,13-,15?,16+/m1/s1. The van der Waals surface area contributed by atoms with E-state index in [0.717, 1.165) is 0 Å². The van der Waals surface area contributed by atoms with E-state index in [-0.39, 0.29) is 12.5 Å². The Morgan fingerprint density at radius 2 is 2.04 bits per heavy atom. The van der Waals surface area contributed by atoms with Crippen molar-refractivity contribution < 1.29 is 44.2 Å². The summed E-state index contributed by atoms with van der Waals surface area (Å²) < 4.78 is 21.5. The predicted octanol–water partition coefficient (Wildman–Crippen LogP) is -1.59. The normalized spacial score (nSPS) is 44.5. The smallest absolute Gasteiger partial charge is 0.318 e. The minimum Gasteiger partial charge on any atom is -0.434 e. The second-order valence-corrected chi connectivity index (χ2v) is 6.26. The molecule has 0 bridgehead atoms. The van der Waals surface area contributed by atoms with Crippen LogP contribution in [0.25, 0.3) is 0 Å². The molecule has 3 aliphatic heterocycles. The molecule has 0 spiro atoms. The van der Waals surface area contributed by atoms with Gasteiger partial charge in [-0.2, -0.15) is 0 Å². The van der Waals surface area contributed by atoms with Crippen molar-refractivity contribution in [2.45, 2.75) is 43.4 Å². The molecular formula is C16H22O9. The molecule has 0 aliphatic carbocycles. The zero-order valence-electron chi connectivity index (χ0n) is 13.4. The van der Waals surface area contributed by atoms with Crippen LogP contribution in [0.5, 0.6) is 0 Å². The van der Waals surface area contributed by atoms with Crippen LogP contribution in [-0.4, -0.2) is 76.6 Å². The van der Waals surface area contributed by atoms with E-state index >= 15 is 0 Å². The average molecular weight is 358 g/mol. The molecule has 9 nitrogen and oxygen atoms in total. The van der Waals surface area contributed by atoms with Gasteiger partial charge in [-0.1, -0.05) is 6.08 Å². The highest BCUT2D eigenvalue weighted by atomic mass is 16.8. The van der Waals surface area contributed by atoms with Crippen LogP contribution in [0.15, 0.2) is 24.5 Å². The van der Waals surface area contributed by atoms with E-state index in [1.54, 1.807) is 6.08 Å². The molecule has 9 heteroatoms. The highest BCUT2D eigenvalue weighted by Crippen LogP contribution is 2.38. The molecule has 8 atom stereocenters. The number of hydrogen-bond donors (Lipinski definition) is 4. The number of carbonyl (C=O) groups is 1. The van der Waals surface area contributed by atoms with Gasteiger partial charge in [0.25, 0.3) is 0 Å². The first-order valence-corrected chi connectivity index (χ1v) is 8.08. The highest BCUT2D eigenvalue weighted by molar-refractivity contribution is 5.80. The first-order valence-electron chi connectivity index (χ1n) is 8.08. The van der Waals surface area contributed by atoms with E-state index in [0.29, 0.717) is 12.0 Å². The number of hydrogen-bond acceptors (Lipinski definition) is 9. The molecule has 140 valence electrons. The number of aliphatic hydroxyl groups excluding tert-OH is 4. The maximum Gasteiger partial charge on any atom is 0.318 e. The summed E-state index contributed by atoms with van der Waals surface area (Å²) in [4.78, 5) is 12.0. The van der Waals surface area contributed by atoms with Crippen LogP contribution in [0.1, 0.15) is 6.42 Å². The third-order valence-electron chi connectivity index (χ3n) is 4.75. The Bertz CT molecular complexity index is 546. The summed E-state index contributed by atoms with van der Waals surface area (Å²) in [6.07, 6.45) is -4.65. The molecule has 3 heterocycles. The van der Waals surface area contributed by atoms with Crippen LogP contribution in [0.3, 0.4) is 0 Å². The fraction of sp³-hybridized carbons (Fsp3) is 0.688. The second-order valence-electron chi connectivity index (χ2n) is 6.26. The summed E-state index contributed by atoms with van der Waals surface area (Å²) in [6, 6.07) is 0. The summed E-state index contributed by atoms with van der Waals surface area (Å²) in [6.45, 7) is 3.44. The lowest BCUT2D eigenvalue weighted by molar-refractivity contribution is -0.330. The van der Waals surface area contributed by atoms with Crippen molar-refractivity contribution in [2.24, 2.45) is 11.8 Å². The van der Waals surface area contributed by atoms with Gasteiger partial charge in [-0.25, -0.2) is 0 Å². The highest BCUT2D eigenvalue weighted by Gasteiger charge is 2.48. The van der Waals surface area contributed by atoms with Crippen LogP contribution in [0, 0.1) is 11.8 Å². The third kappa shape index (κ3) is 3.36. The number of cyclic esters (lactones) is 1. The molecule has 3 rings (SSSR count). The van der Waals surface area contributed by atoms with E-state index < -0.39 is 55.5 Å². The van der Waals surface area contributed by atoms with Crippen molar-refractivity contribution in [1.82, 2.24) is 0 Å². The number of fused-ring (bicyclic) bond motifs is 1. The van der Waals surface area contributed by atoms with E-state index in [1.165, 1.54) is 6.26 Å². The molecular weight excluding hydrogens is 336 g/mol. The maximum atomic E-state index is 12.0. The summed E-state index contributed by atoms with van der Waals surface area (Å²) in [5, 5.41) is 39.0. The Hall–Kier alpha value is -1.33.